The summed E-state index contributed by atoms with van der Waals surface area (Å²) in [6.07, 6.45) is 8.91. The summed E-state index contributed by atoms with van der Waals surface area (Å²) in [6.45, 7) is 0. The van der Waals surface area contributed by atoms with Crippen molar-refractivity contribution in [1.29, 1.82) is 0 Å². The minimum Gasteiger partial charge on any atom is -0.504 e. The monoisotopic (exact) mass is 232 g/mol. The second kappa shape index (κ2) is 4.33. The molecule has 88 valence electrons. The highest BCUT2D eigenvalue weighted by atomic mass is 16.4. The fraction of sp³-hybridized carbons (Fsp3) is 0.154. The van der Waals surface area contributed by atoms with Gasteiger partial charge in [-0.2, -0.15) is 0 Å². The van der Waals surface area contributed by atoms with Crippen LogP contribution in [0.2, 0.25) is 0 Å². The predicted octanol–water partition coefficient (Wildman–Crippen LogP) is 2.54. The minimum atomic E-state index is -1.01. The first-order valence-corrected chi connectivity index (χ1v) is 5.22. The van der Waals surface area contributed by atoms with Crippen LogP contribution in [0.15, 0.2) is 58.6 Å². The van der Waals surface area contributed by atoms with Gasteiger partial charge in [0, 0.05) is 11.6 Å². The standard InChI is InChI=1S/C13H12O4/c14-11-6-5-10(13(11)17)9-3-1-2-8(9)4-7-12(15)16/h1-2,4,6-7,14,17H,3,5H2,(H,15,16). The largest absolute Gasteiger partial charge is 0.504 e. The number of aliphatic carboxylic acids is 1. The lowest BCUT2D eigenvalue weighted by Crippen LogP contribution is -1.93. The van der Waals surface area contributed by atoms with Crippen molar-refractivity contribution in [2.75, 3.05) is 0 Å². The van der Waals surface area contributed by atoms with Gasteiger partial charge in [0.05, 0.1) is 0 Å². The van der Waals surface area contributed by atoms with E-state index in [4.69, 9.17) is 5.11 Å². The first kappa shape index (κ1) is 11.3. The van der Waals surface area contributed by atoms with E-state index in [0.29, 0.717) is 18.4 Å². The molecule has 0 saturated heterocycles. The molecule has 0 aromatic rings. The van der Waals surface area contributed by atoms with Gasteiger partial charge in [0.2, 0.25) is 0 Å². The molecule has 0 aliphatic heterocycles. The fourth-order valence-corrected chi connectivity index (χ4v) is 1.95. The lowest BCUT2D eigenvalue weighted by atomic mass is 9.99. The Labute approximate surface area is 98.2 Å². The van der Waals surface area contributed by atoms with E-state index >= 15 is 0 Å². The third kappa shape index (κ3) is 2.15. The third-order valence-electron chi connectivity index (χ3n) is 2.77. The highest BCUT2D eigenvalue weighted by molar-refractivity contribution is 5.81. The summed E-state index contributed by atoms with van der Waals surface area (Å²) in [5.41, 5.74) is 2.29. The first-order chi connectivity index (χ1) is 8.09. The van der Waals surface area contributed by atoms with Crippen molar-refractivity contribution in [1.82, 2.24) is 0 Å². The Kier molecular flexibility index (Phi) is 2.87. The zero-order chi connectivity index (χ0) is 12.4. The van der Waals surface area contributed by atoms with Gasteiger partial charge >= 0.3 is 5.97 Å². The molecule has 2 aliphatic rings. The van der Waals surface area contributed by atoms with Crippen LogP contribution in [0.5, 0.6) is 0 Å². The summed E-state index contributed by atoms with van der Waals surface area (Å²) in [5, 5.41) is 27.6. The van der Waals surface area contributed by atoms with Crippen LogP contribution in [-0.4, -0.2) is 21.3 Å². The molecule has 0 unspecified atom stereocenters. The van der Waals surface area contributed by atoms with E-state index in [1.807, 2.05) is 12.2 Å². The zero-order valence-corrected chi connectivity index (χ0v) is 9.05. The van der Waals surface area contributed by atoms with Crippen LogP contribution >= 0.6 is 0 Å². The number of allylic oxidation sites excluding steroid dienone is 7. The van der Waals surface area contributed by atoms with Crippen molar-refractivity contribution in [3.8, 4) is 0 Å². The van der Waals surface area contributed by atoms with Gasteiger partial charge in [0.1, 0.15) is 0 Å². The van der Waals surface area contributed by atoms with Gasteiger partial charge in [-0.25, -0.2) is 4.79 Å². The number of carboxylic acids is 1. The van der Waals surface area contributed by atoms with E-state index in [0.717, 1.165) is 17.2 Å². The Morgan fingerprint density at radius 2 is 2.00 bits per heavy atom. The summed E-state index contributed by atoms with van der Waals surface area (Å²) in [6, 6.07) is 0. The van der Waals surface area contributed by atoms with E-state index in [2.05, 4.69) is 0 Å². The highest BCUT2D eigenvalue weighted by Crippen LogP contribution is 2.35. The molecule has 0 spiro atoms. The van der Waals surface area contributed by atoms with Gasteiger partial charge in [0.15, 0.2) is 11.5 Å². The maximum Gasteiger partial charge on any atom is 0.328 e. The molecular formula is C13H12O4. The Balaban J connectivity index is 2.33. The van der Waals surface area contributed by atoms with Gasteiger partial charge < -0.3 is 15.3 Å². The molecule has 0 aromatic carbocycles. The smallest absolute Gasteiger partial charge is 0.328 e. The van der Waals surface area contributed by atoms with Gasteiger partial charge in [-0.1, -0.05) is 12.2 Å². The van der Waals surface area contributed by atoms with Gasteiger partial charge in [-0.15, -0.1) is 0 Å². The van der Waals surface area contributed by atoms with Crippen molar-refractivity contribution >= 4 is 5.97 Å². The van der Waals surface area contributed by atoms with Crippen molar-refractivity contribution in [2.24, 2.45) is 0 Å². The zero-order valence-electron chi connectivity index (χ0n) is 9.05. The van der Waals surface area contributed by atoms with E-state index in [-0.39, 0.29) is 11.5 Å². The maximum atomic E-state index is 10.5. The molecule has 2 aliphatic carbocycles. The second-order valence-electron chi connectivity index (χ2n) is 3.83. The van der Waals surface area contributed by atoms with Crippen LogP contribution in [-0.2, 0) is 4.79 Å². The van der Waals surface area contributed by atoms with Crippen LogP contribution in [0.25, 0.3) is 0 Å². The number of hydrogen-bond donors (Lipinski definition) is 3. The molecule has 0 radical (unpaired) electrons. The Hall–Kier alpha value is -2.23. The molecule has 0 fully saturated rings. The number of hydrogen-bond acceptors (Lipinski definition) is 3. The maximum absolute atomic E-state index is 10.5. The van der Waals surface area contributed by atoms with Crippen molar-refractivity contribution < 1.29 is 20.1 Å². The molecule has 0 saturated carbocycles. The normalized spacial score (nSPS) is 19.6. The summed E-state index contributed by atoms with van der Waals surface area (Å²) in [4.78, 5) is 10.5. The topological polar surface area (TPSA) is 77.8 Å². The lowest BCUT2D eigenvalue weighted by molar-refractivity contribution is -0.131. The number of carbonyl (C=O) groups is 1. The highest BCUT2D eigenvalue weighted by Gasteiger charge is 2.21. The molecule has 0 amide bonds. The average Bonchev–Trinajstić information content (AvgIpc) is 2.85. The van der Waals surface area contributed by atoms with Crippen molar-refractivity contribution in [3.63, 3.8) is 0 Å². The molecular weight excluding hydrogens is 220 g/mol. The minimum absolute atomic E-state index is 0.107. The summed E-state index contributed by atoms with van der Waals surface area (Å²) < 4.78 is 0. The Morgan fingerprint density at radius 3 is 2.59 bits per heavy atom. The molecule has 17 heavy (non-hydrogen) atoms. The number of aliphatic hydroxyl groups is 2. The van der Waals surface area contributed by atoms with E-state index < -0.39 is 5.97 Å². The predicted molar refractivity (Wildman–Crippen MR) is 62.5 cm³/mol. The molecule has 2 rings (SSSR count). The second-order valence-corrected chi connectivity index (χ2v) is 3.83. The summed E-state index contributed by atoms with van der Waals surface area (Å²) >= 11 is 0. The van der Waals surface area contributed by atoms with E-state index in [9.17, 15) is 15.0 Å². The van der Waals surface area contributed by atoms with Gasteiger partial charge in [-0.05, 0) is 36.1 Å². The average molecular weight is 232 g/mol. The molecule has 0 atom stereocenters. The van der Waals surface area contributed by atoms with Crippen molar-refractivity contribution in [2.45, 2.75) is 12.8 Å². The van der Waals surface area contributed by atoms with Crippen LogP contribution in [0.4, 0.5) is 0 Å². The Bertz CT molecular complexity index is 516. The van der Waals surface area contributed by atoms with Crippen LogP contribution in [0.1, 0.15) is 12.8 Å². The number of carboxylic acid groups (broad SMARTS) is 1. The van der Waals surface area contributed by atoms with Crippen LogP contribution in [0, 0.1) is 0 Å². The fourth-order valence-electron chi connectivity index (χ4n) is 1.95. The third-order valence-corrected chi connectivity index (χ3v) is 2.77. The van der Waals surface area contributed by atoms with Gasteiger partial charge in [-0.3, -0.25) is 0 Å². The van der Waals surface area contributed by atoms with Crippen LogP contribution < -0.4 is 0 Å². The molecule has 0 bridgehead atoms. The molecule has 0 aromatic heterocycles. The quantitative estimate of drug-likeness (QED) is 0.653. The molecule has 4 nitrogen and oxygen atoms in total. The van der Waals surface area contributed by atoms with Crippen LogP contribution in [0.3, 0.4) is 0 Å². The molecule has 3 N–H and O–H groups in total. The SMILES string of the molecule is O=C(O)C=CC1=C(C2=C(O)C(O)=CC2)CC=C1. The van der Waals surface area contributed by atoms with E-state index in [1.165, 1.54) is 12.2 Å². The molecule has 4 heteroatoms. The number of rotatable bonds is 3. The molecule has 0 heterocycles. The Morgan fingerprint density at radius 1 is 1.24 bits per heavy atom. The van der Waals surface area contributed by atoms with Crippen molar-refractivity contribution in [3.05, 3.63) is 58.6 Å². The lowest BCUT2D eigenvalue weighted by Gasteiger charge is -2.06. The number of aliphatic hydroxyl groups excluding tert-OH is 2. The first-order valence-electron chi connectivity index (χ1n) is 5.22. The summed E-state index contributed by atoms with van der Waals surface area (Å²) in [7, 11) is 0. The van der Waals surface area contributed by atoms with E-state index in [1.54, 1.807) is 0 Å². The van der Waals surface area contributed by atoms with Gasteiger partial charge in [0.25, 0.3) is 0 Å². The summed E-state index contributed by atoms with van der Waals surface area (Å²) in [5.74, 6) is -1.23.